The van der Waals surface area contributed by atoms with Crippen LogP contribution in [0.4, 0.5) is 4.79 Å². The van der Waals surface area contributed by atoms with Crippen LogP contribution >= 0.6 is 0 Å². The molecule has 2 aliphatic rings. The normalized spacial score (nSPS) is 26.4. The Kier molecular flexibility index (Phi) is 5.04. The Morgan fingerprint density at radius 1 is 1.21 bits per heavy atom. The van der Waals surface area contributed by atoms with Crippen molar-refractivity contribution < 1.29 is 13.2 Å². The molecule has 0 saturated carbocycles. The van der Waals surface area contributed by atoms with Gasteiger partial charge in [-0.1, -0.05) is 0 Å². The number of amides is 2. The van der Waals surface area contributed by atoms with Gasteiger partial charge in [0.2, 0.25) is 0 Å². The molecule has 0 aromatic heterocycles. The molecule has 0 aromatic rings. The Bertz CT molecular complexity index is 404. The Hall–Kier alpha value is -0.820. The number of hydrogen-bond acceptors (Lipinski definition) is 4. The Morgan fingerprint density at radius 3 is 2.58 bits per heavy atom. The third kappa shape index (κ3) is 4.99. The minimum Gasteiger partial charge on any atom is -0.338 e. The molecule has 2 saturated heterocycles. The van der Waals surface area contributed by atoms with Gasteiger partial charge in [0.25, 0.3) is 0 Å². The van der Waals surface area contributed by atoms with Crippen LogP contribution < -0.4 is 10.6 Å². The smallest absolute Gasteiger partial charge is 0.314 e. The topological polar surface area (TPSA) is 78.5 Å². The highest BCUT2D eigenvalue weighted by Crippen LogP contribution is 2.17. The second-order valence-corrected chi connectivity index (χ2v) is 7.68. The molecule has 2 heterocycles. The molecule has 6 nitrogen and oxygen atoms in total. The molecule has 2 aliphatic heterocycles. The summed E-state index contributed by atoms with van der Waals surface area (Å²) in [6, 6.07) is -0.191. The summed E-state index contributed by atoms with van der Waals surface area (Å²) >= 11 is 0. The van der Waals surface area contributed by atoms with Crippen molar-refractivity contribution in [3.05, 3.63) is 0 Å². The van der Waals surface area contributed by atoms with Crippen LogP contribution in [0.1, 0.15) is 19.3 Å². The van der Waals surface area contributed by atoms with E-state index in [-0.39, 0.29) is 23.5 Å². The van der Waals surface area contributed by atoms with Crippen molar-refractivity contribution in [2.24, 2.45) is 5.92 Å². The average molecular weight is 289 g/mol. The van der Waals surface area contributed by atoms with Gasteiger partial charge in [0.05, 0.1) is 11.5 Å². The van der Waals surface area contributed by atoms with Gasteiger partial charge in [-0.3, -0.25) is 0 Å². The van der Waals surface area contributed by atoms with E-state index in [1.54, 1.807) is 0 Å². The maximum atomic E-state index is 11.5. The van der Waals surface area contributed by atoms with E-state index in [9.17, 15) is 13.2 Å². The number of likely N-dealkylation sites (tertiary alicyclic amines) is 1. The molecule has 0 radical (unpaired) electrons. The van der Waals surface area contributed by atoms with Crippen molar-refractivity contribution in [2.75, 3.05) is 44.2 Å². The summed E-state index contributed by atoms with van der Waals surface area (Å²) in [5, 5.41) is 5.57. The number of rotatable bonds is 5. The molecular formula is C12H23N3O3S. The number of sulfone groups is 1. The fourth-order valence-electron chi connectivity index (χ4n) is 2.67. The highest BCUT2D eigenvalue weighted by atomic mass is 32.2. The van der Waals surface area contributed by atoms with Crippen LogP contribution in [0.3, 0.4) is 0 Å². The van der Waals surface area contributed by atoms with Gasteiger partial charge in [-0.25, -0.2) is 13.2 Å². The Labute approximate surface area is 114 Å². The number of nitrogens with one attached hydrogen (secondary N) is 2. The summed E-state index contributed by atoms with van der Waals surface area (Å²) in [6.45, 7) is 4.25. The first-order valence-electron chi connectivity index (χ1n) is 7.00. The standard InChI is InChI=1S/C12H23N3O3S/c16-12(13-4-7-15-5-1-2-6-15)14-9-11-3-8-19(17,18)10-11/h11H,1-10H2,(H2,13,14,16)/t11-/m1/s1. The molecular weight excluding hydrogens is 266 g/mol. The van der Waals surface area contributed by atoms with Gasteiger partial charge in [-0.05, 0) is 38.3 Å². The second kappa shape index (κ2) is 6.56. The van der Waals surface area contributed by atoms with Gasteiger partial charge in [0.15, 0.2) is 9.84 Å². The minimum atomic E-state index is -2.85. The first kappa shape index (κ1) is 14.6. The van der Waals surface area contributed by atoms with E-state index in [2.05, 4.69) is 15.5 Å². The zero-order valence-electron chi connectivity index (χ0n) is 11.2. The van der Waals surface area contributed by atoms with Crippen molar-refractivity contribution in [1.29, 1.82) is 0 Å². The summed E-state index contributed by atoms with van der Waals surface area (Å²) in [5.41, 5.74) is 0. The molecule has 19 heavy (non-hydrogen) atoms. The SMILES string of the molecule is O=C(NCCN1CCCC1)NC[C@H]1CCS(=O)(=O)C1. The molecule has 0 unspecified atom stereocenters. The third-order valence-corrected chi connectivity index (χ3v) is 5.63. The number of nitrogens with zero attached hydrogens (tertiary/aromatic N) is 1. The van der Waals surface area contributed by atoms with Crippen molar-refractivity contribution >= 4 is 15.9 Å². The summed E-state index contributed by atoms with van der Waals surface area (Å²) in [6.07, 6.45) is 3.17. The largest absolute Gasteiger partial charge is 0.338 e. The molecule has 2 amide bonds. The lowest BCUT2D eigenvalue weighted by Gasteiger charge is -2.15. The maximum Gasteiger partial charge on any atom is 0.314 e. The molecule has 2 fully saturated rings. The molecule has 2 N–H and O–H groups in total. The number of carbonyl (C=O) groups excluding carboxylic acids is 1. The molecule has 7 heteroatoms. The quantitative estimate of drug-likeness (QED) is 0.736. The minimum absolute atomic E-state index is 0.0781. The van der Waals surface area contributed by atoms with E-state index in [4.69, 9.17) is 0 Å². The van der Waals surface area contributed by atoms with Crippen molar-refractivity contribution in [3.63, 3.8) is 0 Å². The predicted octanol–water partition coefficient (Wildman–Crippen LogP) is -0.184. The Morgan fingerprint density at radius 2 is 1.95 bits per heavy atom. The van der Waals surface area contributed by atoms with Gasteiger partial charge < -0.3 is 15.5 Å². The number of carbonyl (C=O) groups is 1. The van der Waals surface area contributed by atoms with Crippen molar-refractivity contribution in [1.82, 2.24) is 15.5 Å². The lowest BCUT2D eigenvalue weighted by atomic mass is 10.1. The number of hydrogen-bond donors (Lipinski definition) is 2. The third-order valence-electron chi connectivity index (χ3n) is 3.79. The monoisotopic (exact) mass is 289 g/mol. The first-order valence-corrected chi connectivity index (χ1v) is 8.82. The fraction of sp³-hybridized carbons (Fsp3) is 0.917. The van der Waals surface area contributed by atoms with E-state index in [1.807, 2.05) is 0 Å². The maximum absolute atomic E-state index is 11.5. The highest BCUT2D eigenvalue weighted by Gasteiger charge is 2.27. The van der Waals surface area contributed by atoms with E-state index in [1.165, 1.54) is 12.8 Å². The molecule has 0 spiro atoms. The van der Waals surface area contributed by atoms with Crippen LogP contribution in [0.2, 0.25) is 0 Å². The van der Waals surface area contributed by atoms with E-state index in [0.717, 1.165) is 19.6 Å². The summed E-state index contributed by atoms with van der Waals surface area (Å²) in [5.74, 6) is 0.547. The summed E-state index contributed by atoms with van der Waals surface area (Å²) < 4.78 is 22.5. The molecule has 1 atom stereocenters. The van der Waals surface area contributed by atoms with E-state index in [0.29, 0.717) is 19.5 Å². The van der Waals surface area contributed by atoms with Crippen molar-refractivity contribution in [3.8, 4) is 0 Å². The van der Waals surface area contributed by atoms with Gasteiger partial charge in [0.1, 0.15) is 0 Å². The molecule has 0 bridgehead atoms. The lowest BCUT2D eigenvalue weighted by Crippen LogP contribution is -2.41. The van der Waals surface area contributed by atoms with Crippen LogP contribution in [-0.4, -0.2) is 63.6 Å². The van der Waals surface area contributed by atoms with Gasteiger partial charge >= 0.3 is 6.03 Å². The number of urea groups is 1. The Balaban J connectivity index is 1.54. The molecule has 0 aliphatic carbocycles. The van der Waals surface area contributed by atoms with E-state index >= 15 is 0 Å². The van der Waals surface area contributed by atoms with Crippen LogP contribution in [0.5, 0.6) is 0 Å². The van der Waals surface area contributed by atoms with E-state index < -0.39 is 9.84 Å². The summed E-state index contributed by atoms with van der Waals surface area (Å²) in [4.78, 5) is 13.9. The zero-order valence-corrected chi connectivity index (χ0v) is 12.0. The predicted molar refractivity (Wildman–Crippen MR) is 73.8 cm³/mol. The van der Waals surface area contributed by atoms with Crippen LogP contribution in [0.25, 0.3) is 0 Å². The zero-order chi connectivity index (χ0) is 13.7. The van der Waals surface area contributed by atoms with Gasteiger partial charge in [0, 0.05) is 19.6 Å². The molecule has 0 aromatic carbocycles. The molecule has 110 valence electrons. The van der Waals surface area contributed by atoms with Crippen LogP contribution in [0.15, 0.2) is 0 Å². The van der Waals surface area contributed by atoms with Crippen molar-refractivity contribution in [2.45, 2.75) is 19.3 Å². The first-order chi connectivity index (χ1) is 9.05. The van der Waals surface area contributed by atoms with Crippen LogP contribution in [0, 0.1) is 5.92 Å². The molecule has 2 rings (SSSR count). The second-order valence-electron chi connectivity index (χ2n) is 5.45. The highest BCUT2D eigenvalue weighted by molar-refractivity contribution is 7.91. The van der Waals surface area contributed by atoms with Crippen LogP contribution in [-0.2, 0) is 9.84 Å². The fourth-order valence-corrected chi connectivity index (χ4v) is 4.53. The van der Waals surface area contributed by atoms with Gasteiger partial charge in [-0.15, -0.1) is 0 Å². The summed E-state index contributed by atoms with van der Waals surface area (Å²) in [7, 11) is -2.85. The van der Waals surface area contributed by atoms with Gasteiger partial charge in [-0.2, -0.15) is 0 Å². The average Bonchev–Trinajstić information content (AvgIpc) is 2.96. The lowest BCUT2D eigenvalue weighted by molar-refractivity contribution is 0.237.